The molecule has 3 aromatic rings. The molecule has 1 aliphatic heterocycles. The minimum atomic E-state index is -0.176. The van der Waals surface area contributed by atoms with Gasteiger partial charge in [0.2, 0.25) is 0 Å². The number of carbonyl (C=O) groups is 1. The summed E-state index contributed by atoms with van der Waals surface area (Å²) in [4.78, 5) is 17.2. The molecule has 0 spiro atoms. The predicted octanol–water partition coefficient (Wildman–Crippen LogP) is 5.60. The molecule has 0 unspecified atom stereocenters. The van der Waals surface area contributed by atoms with Gasteiger partial charge in [-0.1, -0.05) is 46.3 Å². The van der Waals surface area contributed by atoms with Gasteiger partial charge in [-0.3, -0.25) is 4.79 Å². The molecule has 1 N–H and O–H groups in total. The minimum absolute atomic E-state index is 0.176. The lowest BCUT2D eigenvalue weighted by Gasteiger charge is -1.97. The third kappa shape index (κ3) is 3.81. The summed E-state index contributed by atoms with van der Waals surface area (Å²) in [5.74, 6) is 1.20. The number of carbonyl (C=O) groups excluding carboxylic acids is 1. The molecule has 0 atom stereocenters. The molecule has 128 valence electrons. The maximum absolute atomic E-state index is 12.2. The topological polar surface area (TPSA) is 54.6 Å². The van der Waals surface area contributed by atoms with Gasteiger partial charge in [-0.15, -0.1) is 0 Å². The number of furan rings is 1. The number of para-hydroxylation sites is 1. The molecule has 2 aromatic carbocycles. The van der Waals surface area contributed by atoms with Crippen molar-refractivity contribution in [2.75, 3.05) is 0 Å². The molecule has 1 fully saturated rings. The smallest absolute Gasteiger partial charge is 0.264 e. The Morgan fingerprint density at radius 1 is 1.04 bits per heavy atom. The van der Waals surface area contributed by atoms with Crippen LogP contribution in [0.25, 0.3) is 17.4 Å². The number of amidine groups is 1. The molecule has 0 radical (unpaired) electrons. The van der Waals surface area contributed by atoms with E-state index < -0.39 is 0 Å². The van der Waals surface area contributed by atoms with Crippen LogP contribution in [0.1, 0.15) is 5.76 Å². The number of thioether (sulfide) groups is 1. The largest absolute Gasteiger partial charge is 0.457 e. The van der Waals surface area contributed by atoms with Crippen LogP contribution in [-0.4, -0.2) is 11.1 Å². The minimum Gasteiger partial charge on any atom is -0.457 e. The Hall–Kier alpha value is -2.57. The van der Waals surface area contributed by atoms with Crippen LogP contribution in [0.5, 0.6) is 0 Å². The standard InChI is InChI=1S/C20H13BrN2O2S/c21-14-6-4-5-13(11-14)17-10-9-16(25-17)12-18-19(24)23-20(26-18)22-15-7-2-1-3-8-15/h1-12H,(H,22,23,24). The number of amides is 1. The van der Waals surface area contributed by atoms with Crippen LogP contribution < -0.4 is 5.32 Å². The van der Waals surface area contributed by atoms with Gasteiger partial charge in [0.1, 0.15) is 11.5 Å². The summed E-state index contributed by atoms with van der Waals surface area (Å²) in [6.07, 6.45) is 1.73. The van der Waals surface area contributed by atoms with Crippen LogP contribution in [0, 0.1) is 0 Å². The van der Waals surface area contributed by atoms with Crippen LogP contribution in [0.15, 0.2) is 85.5 Å². The lowest BCUT2D eigenvalue weighted by atomic mass is 10.2. The highest BCUT2D eigenvalue weighted by molar-refractivity contribution is 9.10. The Bertz CT molecular complexity index is 1030. The molecule has 1 aromatic heterocycles. The summed E-state index contributed by atoms with van der Waals surface area (Å²) in [6, 6.07) is 21.1. The molecule has 26 heavy (non-hydrogen) atoms. The number of rotatable bonds is 3. The summed E-state index contributed by atoms with van der Waals surface area (Å²) in [5, 5.41) is 3.34. The van der Waals surface area contributed by atoms with Gasteiger partial charge < -0.3 is 9.73 Å². The second-order valence-electron chi connectivity index (χ2n) is 5.53. The Kier molecular flexibility index (Phi) is 4.77. The third-order valence-electron chi connectivity index (χ3n) is 3.65. The highest BCUT2D eigenvalue weighted by atomic mass is 79.9. The van der Waals surface area contributed by atoms with E-state index in [4.69, 9.17) is 4.42 Å². The van der Waals surface area contributed by atoms with Crippen LogP contribution in [0.4, 0.5) is 5.69 Å². The zero-order valence-electron chi connectivity index (χ0n) is 13.5. The number of halogens is 1. The average molecular weight is 425 g/mol. The second kappa shape index (κ2) is 7.35. The van der Waals surface area contributed by atoms with Crippen molar-refractivity contribution in [2.45, 2.75) is 0 Å². The van der Waals surface area contributed by atoms with Crippen LogP contribution >= 0.6 is 27.7 Å². The quantitative estimate of drug-likeness (QED) is 0.556. The van der Waals surface area contributed by atoms with E-state index >= 15 is 0 Å². The maximum atomic E-state index is 12.2. The average Bonchev–Trinajstić information content (AvgIpc) is 3.23. The van der Waals surface area contributed by atoms with E-state index in [0.717, 1.165) is 21.5 Å². The summed E-state index contributed by atoms with van der Waals surface area (Å²) < 4.78 is 6.84. The molecule has 0 saturated carbocycles. The van der Waals surface area contributed by atoms with E-state index in [1.807, 2.05) is 66.7 Å². The predicted molar refractivity (Wildman–Crippen MR) is 109 cm³/mol. The normalized spacial score (nSPS) is 17.0. The first-order valence-corrected chi connectivity index (χ1v) is 9.49. The molecule has 6 heteroatoms. The zero-order chi connectivity index (χ0) is 17.9. The number of benzene rings is 2. The van der Waals surface area contributed by atoms with Crippen molar-refractivity contribution >= 4 is 50.5 Å². The van der Waals surface area contributed by atoms with Crippen molar-refractivity contribution in [3.8, 4) is 11.3 Å². The molecule has 2 heterocycles. The van der Waals surface area contributed by atoms with Crippen molar-refractivity contribution in [1.82, 2.24) is 5.32 Å². The second-order valence-corrected chi connectivity index (χ2v) is 7.48. The number of nitrogens with zero attached hydrogens (tertiary/aromatic N) is 1. The van der Waals surface area contributed by atoms with Gasteiger partial charge >= 0.3 is 0 Å². The van der Waals surface area contributed by atoms with E-state index in [9.17, 15) is 4.79 Å². The molecule has 1 aliphatic rings. The first kappa shape index (κ1) is 16.9. The number of aliphatic imine (C=N–C) groups is 1. The van der Waals surface area contributed by atoms with E-state index in [1.165, 1.54) is 11.8 Å². The van der Waals surface area contributed by atoms with Gasteiger partial charge in [0.25, 0.3) is 5.91 Å². The Morgan fingerprint density at radius 2 is 1.88 bits per heavy atom. The first-order valence-electron chi connectivity index (χ1n) is 7.88. The molecule has 4 rings (SSSR count). The zero-order valence-corrected chi connectivity index (χ0v) is 15.9. The van der Waals surface area contributed by atoms with Crippen LogP contribution in [0.3, 0.4) is 0 Å². The third-order valence-corrected chi connectivity index (χ3v) is 5.05. The van der Waals surface area contributed by atoms with Crippen LogP contribution in [-0.2, 0) is 4.79 Å². The number of nitrogens with one attached hydrogen (secondary N) is 1. The van der Waals surface area contributed by atoms with Gasteiger partial charge in [-0.25, -0.2) is 4.99 Å². The van der Waals surface area contributed by atoms with E-state index in [2.05, 4.69) is 26.2 Å². The molecule has 1 saturated heterocycles. The van der Waals surface area contributed by atoms with Gasteiger partial charge in [-0.05, 0) is 48.2 Å². The Balaban J connectivity index is 1.55. The van der Waals surface area contributed by atoms with Crippen molar-refractivity contribution in [3.05, 3.63) is 81.9 Å². The fourth-order valence-electron chi connectivity index (χ4n) is 2.46. The monoisotopic (exact) mass is 424 g/mol. The molecule has 4 nitrogen and oxygen atoms in total. The molecule has 1 amide bonds. The maximum Gasteiger partial charge on any atom is 0.264 e. The first-order chi connectivity index (χ1) is 12.7. The highest BCUT2D eigenvalue weighted by Crippen LogP contribution is 2.30. The molecular weight excluding hydrogens is 412 g/mol. The SMILES string of the molecule is O=C1NC(=Nc2ccccc2)SC1=Cc1ccc(-c2cccc(Br)c2)o1. The number of hydrogen-bond donors (Lipinski definition) is 1. The van der Waals surface area contributed by atoms with Crippen molar-refractivity contribution in [2.24, 2.45) is 4.99 Å². The molecule has 0 aliphatic carbocycles. The van der Waals surface area contributed by atoms with E-state index in [1.54, 1.807) is 6.08 Å². The van der Waals surface area contributed by atoms with Gasteiger partial charge in [0.05, 0.1) is 10.6 Å². The van der Waals surface area contributed by atoms with Crippen molar-refractivity contribution in [3.63, 3.8) is 0 Å². The van der Waals surface area contributed by atoms with E-state index in [-0.39, 0.29) is 5.91 Å². The number of hydrogen-bond acceptors (Lipinski definition) is 4. The summed E-state index contributed by atoms with van der Waals surface area (Å²) in [5.41, 5.74) is 1.77. The van der Waals surface area contributed by atoms with E-state index in [0.29, 0.717) is 15.8 Å². The van der Waals surface area contributed by atoms with Crippen molar-refractivity contribution < 1.29 is 9.21 Å². The highest BCUT2D eigenvalue weighted by Gasteiger charge is 2.24. The van der Waals surface area contributed by atoms with Crippen LogP contribution in [0.2, 0.25) is 0 Å². The molecular formula is C20H13BrN2O2S. The molecule has 0 bridgehead atoms. The summed E-state index contributed by atoms with van der Waals surface area (Å²) in [7, 11) is 0. The van der Waals surface area contributed by atoms with Crippen molar-refractivity contribution in [1.29, 1.82) is 0 Å². The fourth-order valence-corrected chi connectivity index (χ4v) is 3.68. The van der Waals surface area contributed by atoms with Gasteiger partial charge in [0, 0.05) is 16.1 Å². The fraction of sp³-hybridized carbons (Fsp3) is 0. The van der Waals surface area contributed by atoms with Gasteiger partial charge in [-0.2, -0.15) is 0 Å². The summed E-state index contributed by atoms with van der Waals surface area (Å²) >= 11 is 4.75. The van der Waals surface area contributed by atoms with Gasteiger partial charge in [0.15, 0.2) is 5.17 Å². The Morgan fingerprint density at radius 3 is 2.69 bits per heavy atom. The Labute approximate surface area is 163 Å². The summed E-state index contributed by atoms with van der Waals surface area (Å²) in [6.45, 7) is 0. The lowest BCUT2D eigenvalue weighted by molar-refractivity contribution is -0.115. The lowest BCUT2D eigenvalue weighted by Crippen LogP contribution is -2.19.